The zero-order valence-electron chi connectivity index (χ0n) is 15.1. The number of β-amino-alcohol motifs (C(OH)–C–C–N with tert-alkyl or cyclic N) is 1. The van der Waals surface area contributed by atoms with Crippen LogP contribution < -0.4 is 10.2 Å². The van der Waals surface area contributed by atoms with E-state index in [4.69, 9.17) is 5.11 Å². The zero-order chi connectivity index (χ0) is 19.7. The van der Waals surface area contributed by atoms with Gasteiger partial charge in [-0.15, -0.1) is 0 Å². The summed E-state index contributed by atoms with van der Waals surface area (Å²) in [5.41, 5.74) is 2.97. The molecule has 7 nitrogen and oxygen atoms in total. The number of carbonyl (C=O) groups is 3. The van der Waals surface area contributed by atoms with Gasteiger partial charge in [0.1, 0.15) is 5.70 Å². The van der Waals surface area contributed by atoms with Crippen molar-refractivity contribution in [1.29, 1.82) is 0 Å². The van der Waals surface area contributed by atoms with Crippen molar-refractivity contribution in [1.82, 2.24) is 4.90 Å². The molecule has 0 aromatic heterocycles. The maximum atomic E-state index is 13.2. The first-order chi connectivity index (χ1) is 13.6. The normalized spacial score (nSPS) is 15.7. The Balaban J connectivity index is 1.60. The number of imide groups is 1. The fraction of sp³-hybridized carbons (Fsp3) is 0.190. The highest BCUT2D eigenvalue weighted by Gasteiger charge is 2.32. The van der Waals surface area contributed by atoms with Gasteiger partial charge in [-0.2, -0.15) is 0 Å². The van der Waals surface area contributed by atoms with E-state index in [1.165, 1.54) is 6.08 Å². The number of nitrogens with zero attached hydrogens (tertiary/aromatic N) is 2. The second-order valence-corrected chi connectivity index (χ2v) is 6.58. The van der Waals surface area contributed by atoms with Crippen LogP contribution in [0.3, 0.4) is 0 Å². The van der Waals surface area contributed by atoms with Crippen LogP contribution in [-0.2, 0) is 16.0 Å². The number of fused-ring (bicyclic) bond motifs is 1. The van der Waals surface area contributed by atoms with E-state index in [1.807, 2.05) is 24.3 Å². The lowest BCUT2D eigenvalue weighted by Crippen LogP contribution is -2.34. The third-order valence-electron chi connectivity index (χ3n) is 4.89. The first kappa shape index (κ1) is 17.9. The van der Waals surface area contributed by atoms with Crippen LogP contribution in [0.25, 0.3) is 0 Å². The fourth-order valence-electron chi connectivity index (χ4n) is 3.53. The molecule has 0 atom stereocenters. The van der Waals surface area contributed by atoms with E-state index in [1.54, 1.807) is 29.2 Å². The Morgan fingerprint density at radius 2 is 1.82 bits per heavy atom. The van der Waals surface area contributed by atoms with Crippen molar-refractivity contribution in [2.75, 3.05) is 29.9 Å². The van der Waals surface area contributed by atoms with E-state index in [0.717, 1.165) is 22.6 Å². The summed E-state index contributed by atoms with van der Waals surface area (Å²) in [6.07, 6.45) is 1.98. The van der Waals surface area contributed by atoms with E-state index in [9.17, 15) is 14.4 Å². The quantitative estimate of drug-likeness (QED) is 0.772. The molecule has 4 rings (SSSR count). The number of aliphatic hydroxyl groups is 1. The maximum Gasteiger partial charge on any atom is 0.277 e. The lowest BCUT2D eigenvalue weighted by molar-refractivity contribution is -0.137. The summed E-state index contributed by atoms with van der Waals surface area (Å²) >= 11 is 0. The number of nitrogens with one attached hydrogen (secondary N) is 1. The number of para-hydroxylation sites is 2. The largest absolute Gasteiger partial charge is 0.395 e. The number of hydrogen-bond acceptors (Lipinski definition) is 5. The van der Waals surface area contributed by atoms with E-state index >= 15 is 0 Å². The van der Waals surface area contributed by atoms with Crippen molar-refractivity contribution < 1.29 is 19.5 Å². The Kier molecular flexibility index (Phi) is 4.67. The second-order valence-electron chi connectivity index (χ2n) is 6.58. The summed E-state index contributed by atoms with van der Waals surface area (Å²) in [5.74, 6) is -1.18. The molecule has 0 spiro atoms. The molecule has 2 heterocycles. The summed E-state index contributed by atoms with van der Waals surface area (Å²) in [7, 11) is 0. The van der Waals surface area contributed by atoms with Gasteiger partial charge in [-0.25, -0.2) is 0 Å². The van der Waals surface area contributed by atoms with Gasteiger partial charge in [0.15, 0.2) is 0 Å². The SMILES string of the molecule is O=C1C=C(Nc2ccccc2C(=O)N2CCc3ccccc32)C(=O)N1CCO. The minimum Gasteiger partial charge on any atom is -0.395 e. The molecule has 0 saturated heterocycles. The molecule has 7 heteroatoms. The van der Waals surface area contributed by atoms with Crippen LogP contribution in [0.1, 0.15) is 15.9 Å². The molecule has 2 aliphatic rings. The molecule has 0 radical (unpaired) electrons. The summed E-state index contributed by atoms with van der Waals surface area (Å²) in [5, 5.41) is 11.9. The summed E-state index contributed by atoms with van der Waals surface area (Å²) in [4.78, 5) is 40.2. The van der Waals surface area contributed by atoms with Gasteiger partial charge in [0.25, 0.3) is 17.7 Å². The number of rotatable bonds is 5. The average molecular weight is 377 g/mol. The molecule has 0 fully saturated rings. The van der Waals surface area contributed by atoms with Gasteiger partial charge >= 0.3 is 0 Å². The highest BCUT2D eigenvalue weighted by atomic mass is 16.3. The molecule has 2 aromatic carbocycles. The molecule has 2 N–H and O–H groups in total. The highest BCUT2D eigenvalue weighted by molar-refractivity contribution is 6.18. The molecule has 0 aliphatic carbocycles. The zero-order valence-corrected chi connectivity index (χ0v) is 15.1. The van der Waals surface area contributed by atoms with Crippen molar-refractivity contribution in [2.45, 2.75) is 6.42 Å². The number of amides is 3. The van der Waals surface area contributed by atoms with Crippen LogP contribution in [0, 0.1) is 0 Å². The van der Waals surface area contributed by atoms with Gasteiger partial charge in [0.05, 0.1) is 24.4 Å². The minimum absolute atomic E-state index is 0.0650. The number of carbonyl (C=O) groups excluding carboxylic acids is 3. The van der Waals surface area contributed by atoms with E-state index in [-0.39, 0.29) is 24.8 Å². The van der Waals surface area contributed by atoms with Gasteiger partial charge in [0, 0.05) is 18.3 Å². The molecule has 0 unspecified atom stereocenters. The topological polar surface area (TPSA) is 90.0 Å². The molecule has 142 valence electrons. The van der Waals surface area contributed by atoms with Gasteiger partial charge < -0.3 is 15.3 Å². The van der Waals surface area contributed by atoms with Crippen molar-refractivity contribution in [3.8, 4) is 0 Å². The van der Waals surface area contributed by atoms with Crippen LogP contribution in [0.15, 0.2) is 60.3 Å². The predicted molar refractivity (Wildman–Crippen MR) is 104 cm³/mol. The Labute approximate surface area is 161 Å². The lowest BCUT2D eigenvalue weighted by Gasteiger charge is -2.20. The smallest absolute Gasteiger partial charge is 0.277 e. The van der Waals surface area contributed by atoms with Crippen LogP contribution >= 0.6 is 0 Å². The summed E-state index contributed by atoms with van der Waals surface area (Å²) in [6, 6.07) is 14.7. The Morgan fingerprint density at radius 1 is 1.07 bits per heavy atom. The van der Waals surface area contributed by atoms with Crippen LogP contribution in [0.2, 0.25) is 0 Å². The summed E-state index contributed by atoms with van der Waals surface area (Å²) in [6.45, 7) is 0.226. The molecule has 0 bridgehead atoms. The van der Waals surface area contributed by atoms with E-state index in [0.29, 0.717) is 17.8 Å². The molecule has 2 aromatic rings. The van der Waals surface area contributed by atoms with Gasteiger partial charge in [-0.05, 0) is 30.2 Å². The van der Waals surface area contributed by atoms with Gasteiger partial charge in [0.2, 0.25) is 0 Å². The average Bonchev–Trinajstić information content (AvgIpc) is 3.25. The maximum absolute atomic E-state index is 13.2. The second kappa shape index (κ2) is 7.28. The molecule has 28 heavy (non-hydrogen) atoms. The van der Waals surface area contributed by atoms with E-state index < -0.39 is 11.8 Å². The van der Waals surface area contributed by atoms with Crippen molar-refractivity contribution in [3.05, 3.63) is 71.4 Å². The Hall–Kier alpha value is -3.45. The van der Waals surface area contributed by atoms with Gasteiger partial charge in [-0.1, -0.05) is 30.3 Å². The Bertz CT molecular complexity index is 999. The first-order valence-corrected chi connectivity index (χ1v) is 9.04. The van der Waals surface area contributed by atoms with Crippen molar-refractivity contribution >= 4 is 29.1 Å². The van der Waals surface area contributed by atoms with Crippen LogP contribution in [0.4, 0.5) is 11.4 Å². The number of anilines is 2. The summed E-state index contributed by atoms with van der Waals surface area (Å²) < 4.78 is 0. The molecular weight excluding hydrogens is 358 g/mol. The lowest BCUT2D eigenvalue weighted by atomic mass is 10.1. The monoisotopic (exact) mass is 377 g/mol. The van der Waals surface area contributed by atoms with Crippen LogP contribution in [0.5, 0.6) is 0 Å². The minimum atomic E-state index is -0.521. The third kappa shape index (κ3) is 3.05. The van der Waals surface area contributed by atoms with E-state index in [2.05, 4.69) is 5.32 Å². The van der Waals surface area contributed by atoms with Crippen molar-refractivity contribution in [3.63, 3.8) is 0 Å². The highest BCUT2D eigenvalue weighted by Crippen LogP contribution is 2.31. The number of benzene rings is 2. The standard InChI is InChI=1S/C21H19N3O4/c25-12-11-24-19(26)13-17(21(24)28)22-16-7-3-2-6-15(16)20(27)23-10-9-14-5-1-4-8-18(14)23/h1-8,13,22,25H,9-12H2. The molecule has 2 aliphatic heterocycles. The Morgan fingerprint density at radius 3 is 2.64 bits per heavy atom. The van der Waals surface area contributed by atoms with Gasteiger partial charge in [-0.3, -0.25) is 19.3 Å². The molecular formula is C21H19N3O4. The fourth-order valence-corrected chi connectivity index (χ4v) is 3.53. The first-order valence-electron chi connectivity index (χ1n) is 9.04. The number of aliphatic hydroxyl groups excluding tert-OH is 1. The molecule has 3 amide bonds. The third-order valence-corrected chi connectivity index (χ3v) is 4.89. The molecule has 0 saturated carbocycles. The van der Waals surface area contributed by atoms with Crippen molar-refractivity contribution in [2.24, 2.45) is 0 Å². The van der Waals surface area contributed by atoms with Crippen LogP contribution in [-0.4, -0.2) is 47.4 Å². The predicted octanol–water partition coefficient (Wildman–Crippen LogP) is 1.55. The number of hydrogen-bond donors (Lipinski definition) is 2.